The molecular weight excluding hydrogens is 273 g/mol. The summed E-state index contributed by atoms with van der Waals surface area (Å²) in [4.78, 5) is 12.4. The third-order valence-corrected chi connectivity index (χ3v) is 2.57. The van der Waals surface area contributed by atoms with E-state index in [2.05, 4.69) is 25.6 Å². The van der Waals surface area contributed by atoms with Crippen LogP contribution in [0.1, 0.15) is 18.9 Å². The summed E-state index contributed by atoms with van der Waals surface area (Å²) < 4.78 is 18.8. The van der Waals surface area contributed by atoms with Crippen molar-refractivity contribution in [3.05, 3.63) is 29.6 Å². The van der Waals surface area contributed by atoms with Crippen molar-refractivity contribution in [2.75, 3.05) is 24.3 Å². The number of benzene rings is 1. The zero-order valence-electron chi connectivity index (χ0n) is 12.3. The minimum atomic E-state index is -0.317. The molecule has 0 unspecified atom stereocenters. The van der Waals surface area contributed by atoms with Crippen LogP contribution in [0.5, 0.6) is 6.01 Å². The fourth-order valence-electron chi connectivity index (χ4n) is 1.72. The first-order valence-corrected chi connectivity index (χ1v) is 6.71. The Kier molecular flexibility index (Phi) is 4.86. The van der Waals surface area contributed by atoms with E-state index in [4.69, 9.17) is 4.74 Å². The molecule has 2 rings (SSSR count). The molecule has 2 N–H and O–H groups in total. The zero-order chi connectivity index (χ0) is 15.2. The molecule has 0 aliphatic carbocycles. The molecule has 1 aromatic heterocycles. The summed E-state index contributed by atoms with van der Waals surface area (Å²) in [6.07, 6.45) is 0.854. The number of ether oxygens (including phenoxy) is 1. The van der Waals surface area contributed by atoms with Crippen LogP contribution < -0.4 is 15.4 Å². The molecule has 2 aromatic rings. The van der Waals surface area contributed by atoms with Gasteiger partial charge in [0.05, 0.1) is 6.61 Å². The highest BCUT2D eigenvalue weighted by molar-refractivity contribution is 5.55. The Balaban J connectivity index is 2.25. The predicted octanol–water partition coefficient (Wildman–Crippen LogP) is 2.89. The van der Waals surface area contributed by atoms with E-state index in [1.54, 1.807) is 13.1 Å². The lowest BCUT2D eigenvalue weighted by molar-refractivity contribution is 0.292. The van der Waals surface area contributed by atoms with E-state index < -0.39 is 0 Å². The Labute approximate surface area is 122 Å². The molecule has 0 amide bonds. The van der Waals surface area contributed by atoms with E-state index in [9.17, 15) is 4.39 Å². The second kappa shape index (κ2) is 6.83. The average molecular weight is 291 g/mol. The zero-order valence-corrected chi connectivity index (χ0v) is 12.3. The first kappa shape index (κ1) is 15.0. The topological polar surface area (TPSA) is 72.0 Å². The lowest BCUT2D eigenvalue weighted by Gasteiger charge is -2.09. The van der Waals surface area contributed by atoms with Gasteiger partial charge in [-0.05, 0) is 37.1 Å². The molecule has 0 fully saturated rings. The van der Waals surface area contributed by atoms with Gasteiger partial charge in [-0.2, -0.15) is 15.0 Å². The maximum Gasteiger partial charge on any atom is 0.323 e. The lowest BCUT2D eigenvalue weighted by atomic mass is 10.2. The maximum atomic E-state index is 13.4. The standard InChI is InChI=1S/C14H18FN5O/c1-4-5-21-14-19-12(16-3)18-13(20-14)17-11-7-9(2)6-10(15)8-11/h6-8H,4-5H2,1-3H3,(H2,16,17,18,19,20). The second-order valence-electron chi connectivity index (χ2n) is 4.51. The first-order chi connectivity index (χ1) is 10.1. The van der Waals surface area contributed by atoms with Crippen molar-refractivity contribution in [2.24, 2.45) is 0 Å². The van der Waals surface area contributed by atoms with Gasteiger partial charge in [-0.25, -0.2) is 4.39 Å². The highest BCUT2D eigenvalue weighted by Gasteiger charge is 2.08. The van der Waals surface area contributed by atoms with Crippen molar-refractivity contribution in [3.63, 3.8) is 0 Å². The summed E-state index contributed by atoms with van der Waals surface area (Å²) in [5.41, 5.74) is 1.38. The van der Waals surface area contributed by atoms with E-state index in [0.717, 1.165) is 12.0 Å². The Morgan fingerprint density at radius 2 is 1.90 bits per heavy atom. The number of hydrogen-bond donors (Lipinski definition) is 2. The number of aromatic nitrogens is 3. The van der Waals surface area contributed by atoms with Gasteiger partial charge in [-0.3, -0.25) is 0 Å². The summed E-state index contributed by atoms with van der Waals surface area (Å²) in [6.45, 7) is 4.33. The minimum Gasteiger partial charge on any atom is -0.463 e. The van der Waals surface area contributed by atoms with E-state index in [1.807, 2.05) is 13.8 Å². The SMILES string of the molecule is CCCOc1nc(NC)nc(Nc2cc(C)cc(F)c2)n1. The Bertz CT molecular complexity index is 600. The molecule has 0 saturated heterocycles. The van der Waals surface area contributed by atoms with Crippen LogP contribution in [0.3, 0.4) is 0 Å². The summed E-state index contributed by atoms with van der Waals surface area (Å²) in [6, 6.07) is 4.86. The van der Waals surface area contributed by atoms with Crippen molar-refractivity contribution >= 4 is 17.6 Å². The number of halogens is 1. The summed E-state index contributed by atoms with van der Waals surface area (Å²) >= 11 is 0. The quantitative estimate of drug-likeness (QED) is 0.852. The van der Waals surface area contributed by atoms with E-state index >= 15 is 0 Å². The molecule has 1 heterocycles. The van der Waals surface area contributed by atoms with Crippen LogP contribution in [-0.4, -0.2) is 28.6 Å². The number of nitrogens with one attached hydrogen (secondary N) is 2. The molecule has 1 aromatic carbocycles. The first-order valence-electron chi connectivity index (χ1n) is 6.71. The molecule has 21 heavy (non-hydrogen) atoms. The van der Waals surface area contributed by atoms with Crippen molar-refractivity contribution in [2.45, 2.75) is 20.3 Å². The molecule has 6 nitrogen and oxygen atoms in total. The molecule has 7 heteroatoms. The van der Waals surface area contributed by atoms with Crippen LogP contribution in [0.4, 0.5) is 22.0 Å². The fourth-order valence-corrected chi connectivity index (χ4v) is 1.72. The van der Waals surface area contributed by atoms with Gasteiger partial charge in [0, 0.05) is 12.7 Å². The van der Waals surface area contributed by atoms with Gasteiger partial charge >= 0.3 is 6.01 Å². The lowest BCUT2D eigenvalue weighted by Crippen LogP contribution is -2.07. The van der Waals surface area contributed by atoms with Crippen molar-refractivity contribution in [3.8, 4) is 6.01 Å². The molecule has 0 spiro atoms. The predicted molar refractivity (Wildman–Crippen MR) is 79.6 cm³/mol. The van der Waals surface area contributed by atoms with Gasteiger partial charge in [0.2, 0.25) is 11.9 Å². The van der Waals surface area contributed by atoms with Crippen LogP contribution in [0.2, 0.25) is 0 Å². The molecule has 0 bridgehead atoms. The molecular formula is C14H18FN5O. The maximum absolute atomic E-state index is 13.4. The Morgan fingerprint density at radius 1 is 1.14 bits per heavy atom. The van der Waals surface area contributed by atoms with Gasteiger partial charge < -0.3 is 15.4 Å². The second-order valence-corrected chi connectivity index (χ2v) is 4.51. The molecule has 0 aliphatic rings. The Morgan fingerprint density at radius 3 is 2.57 bits per heavy atom. The van der Waals surface area contributed by atoms with Crippen LogP contribution in [-0.2, 0) is 0 Å². The summed E-state index contributed by atoms with van der Waals surface area (Å²) in [7, 11) is 1.70. The number of rotatable bonds is 6. The van der Waals surface area contributed by atoms with Gasteiger partial charge in [0.15, 0.2) is 0 Å². The molecule has 0 aliphatic heterocycles. The van der Waals surface area contributed by atoms with Gasteiger partial charge in [-0.1, -0.05) is 6.92 Å². The van der Waals surface area contributed by atoms with Crippen LogP contribution >= 0.6 is 0 Å². The summed E-state index contributed by atoms with van der Waals surface area (Å²) in [5, 5.41) is 5.79. The van der Waals surface area contributed by atoms with Crippen molar-refractivity contribution in [1.29, 1.82) is 0 Å². The smallest absolute Gasteiger partial charge is 0.323 e. The number of hydrogen-bond acceptors (Lipinski definition) is 6. The third-order valence-electron chi connectivity index (χ3n) is 2.57. The van der Waals surface area contributed by atoms with Crippen LogP contribution in [0.25, 0.3) is 0 Å². The highest BCUT2D eigenvalue weighted by atomic mass is 19.1. The van der Waals surface area contributed by atoms with E-state index in [-0.39, 0.29) is 11.8 Å². The van der Waals surface area contributed by atoms with Crippen molar-refractivity contribution < 1.29 is 9.13 Å². The monoisotopic (exact) mass is 291 g/mol. The highest BCUT2D eigenvalue weighted by Crippen LogP contribution is 2.19. The molecule has 112 valence electrons. The number of nitrogens with zero attached hydrogens (tertiary/aromatic N) is 3. The van der Waals surface area contributed by atoms with Gasteiger partial charge in [-0.15, -0.1) is 0 Å². The normalized spacial score (nSPS) is 10.3. The largest absolute Gasteiger partial charge is 0.463 e. The molecule has 0 radical (unpaired) electrons. The van der Waals surface area contributed by atoms with Gasteiger partial charge in [0.25, 0.3) is 0 Å². The minimum absolute atomic E-state index is 0.229. The number of anilines is 3. The number of aryl methyl sites for hydroxylation is 1. The fraction of sp³-hybridized carbons (Fsp3) is 0.357. The van der Waals surface area contributed by atoms with Crippen molar-refractivity contribution in [1.82, 2.24) is 15.0 Å². The average Bonchev–Trinajstić information content (AvgIpc) is 2.43. The molecule has 0 atom stereocenters. The van der Waals surface area contributed by atoms with Crippen LogP contribution in [0, 0.1) is 12.7 Å². The summed E-state index contributed by atoms with van der Waals surface area (Å²) in [5.74, 6) is 0.361. The van der Waals surface area contributed by atoms with Gasteiger partial charge in [0.1, 0.15) is 5.82 Å². The third kappa shape index (κ3) is 4.27. The Hall–Kier alpha value is -2.44. The van der Waals surface area contributed by atoms with Crippen LogP contribution in [0.15, 0.2) is 18.2 Å². The van der Waals surface area contributed by atoms with E-state index in [1.165, 1.54) is 12.1 Å². The van der Waals surface area contributed by atoms with E-state index in [0.29, 0.717) is 24.2 Å². The molecule has 0 saturated carbocycles.